The molecule has 0 spiro atoms. The Morgan fingerprint density at radius 3 is 3.09 bits per heavy atom. The van der Waals surface area contributed by atoms with Crippen molar-refractivity contribution in [3.05, 3.63) is 22.7 Å². The van der Waals surface area contributed by atoms with Gasteiger partial charge in [-0.25, -0.2) is 4.98 Å². The van der Waals surface area contributed by atoms with Crippen LogP contribution in [0.25, 0.3) is 10.2 Å². The summed E-state index contributed by atoms with van der Waals surface area (Å²) in [6, 6.07) is 3.63. The number of hydrogen-bond acceptors (Lipinski definition) is 3. The smallest absolute Gasteiger partial charge is 0.0834 e. The highest BCUT2D eigenvalue weighted by Gasteiger charge is 2.03. The molecule has 0 saturated carbocycles. The molecule has 2 rings (SSSR count). The van der Waals surface area contributed by atoms with Crippen molar-refractivity contribution in [3.63, 3.8) is 0 Å². The van der Waals surface area contributed by atoms with Crippen LogP contribution in [0.4, 0.5) is 5.69 Å². The molecule has 4 heteroatoms. The molecule has 0 saturated heterocycles. The molecule has 1 aromatic carbocycles. The maximum Gasteiger partial charge on any atom is 0.0834 e. The predicted octanol–water partition coefficient (Wildman–Crippen LogP) is 2.53. The monoisotopic (exact) mass is 184 g/mol. The van der Waals surface area contributed by atoms with Crippen molar-refractivity contribution < 1.29 is 0 Å². The zero-order chi connectivity index (χ0) is 7.84. The summed E-state index contributed by atoms with van der Waals surface area (Å²) in [6.45, 7) is 0. The average Bonchev–Trinajstić information content (AvgIpc) is 2.45. The Morgan fingerprint density at radius 1 is 1.45 bits per heavy atom. The highest BCUT2D eigenvalue weighted by molar-refractivity contribution is 7.17. The minimum Gasteiger partial charge on any atom is -0.396 e. The van der Waals surface area contributed by atoms with Crippen molar-refractivity contribution in [1.82, 2.24) is 4.98 Å². The molecule has 0 aliphatic carbocycles. The first-order valence-corrected chi connectivity index (χ1v) is 4.32. The van der Waals surface area contributed by atoms with Crippen LogP contribution >= 0.6 is 22.9 Å². The van der Waals surface area contributed by atoms with Crippen LogP contribution in [0.5, 0.6) is 0 Å². The number of hydrogen-bond donors (Lipinski definition) is 1. The number of benzene rings is 1. The van der Waals surface area contributed by atoms with Gasteiger partial charge in [0.15, 0.2) is 0 Å². The van der Waals surface area contributed by atoms with Crippen molar-refractivity contribution in [3.8, 4) is 0 Å². The molecule has 0 unspecified atom stereocenters. The van der Waals surface area contributed by atoms with Gasteiger partial charge in [0, 0.05) is 0 Å². The first-order chi connectivity index (χ1) is 5.29. The molecule has 1 aromatic heterocycles. The van der Waals surface area contributed by atoms with E-state index in [9.17, 15) is 0 Å². The third-order valence-electron chi connectivity index (χ3n) is 1.48. The van der Waals surface area contributed by atoms with Crippen LogP contribution in [-0.2, 0) is 0 Å². The summed E-state index contributed by atoms with van der Waals surface area (Å²) in [5.74, 6) is 0. The van der Waals surface area contributed by atoms with Crippen molar-refractivity contribution in [2.75, 3.05) is 5.73 Å². The van der Waals surface area contributed by atoms with Gasteiger partial charge in [0.05, 0.1) is 26.4 Å². The second-order valence-corrected chi connectivity index (χ2v) is 3.42. The molecule has 0 atom stereocenters. The van der Waals surface area contributed by atoms with E-state index in [1.54, 1.807) is 11.6 Å². The lowest BCUT2D eigenvalue weighted by molar-refractivity contribution is 1.50. The van der Waals surface area contributed by atoms with E-state index < -0.39 is 0 Å². The molecular weight excluding hydrogens is 180 g/mol. The fourth-order valence-electron chi connectivity index (χ4n) is 0.925. The molecule has 0 aliphatic heterocycles. The van der Waals surface area contributed by atoms with E-state index in [4.69, 9.17) is 17.3 Å². The first-order valence-electron chi connectivity index (χ1n) is 3.06. The van der Waals surface area contributed by atoms with Crippen LogP contribution in [0, 0.1) is 0 Å². The number of thiazole rings is 1. The van der Waals surface area contributed by atoms with Gasteiger partial charge in [-0.3, -0.25) is 0 Å². The van der Waals surface area contributed by atoms with Crippen LogP contribution < -0.4 is 5.73 Å². The largest absolute Gasteiger partial charge is 0.396 e. The third-order valence-corrected chi connectivity index (χ3v) is 2.69. The zero-order valence-corrected chi connectivity index (χ0v) is 7.12. The van der Waals surface area contributed by atoms with E-state index in [1.807, 2.05) is 6.07 Å². The summed E-state index contributed by atoms with van der Waals surface area (Å²) in [7, 11) is 0. The average molecular weight is 185 g/mol. The second-order valence-electron chi connectivity index (χ2n) is 2.16. The third kappa shape index (κ3) is 0.968. The van der Waals surface area contributed by atoms with E-state index in [-0.39, 0.29) is 0 Å². The van der Waals surface area contributed by atoms with Crippen LogP contribution in [0.1, 0.15) is 0 Å². The van der Waals surface area contributed by atoms with Crippen molar-refractivity contribution in [2.24, 2.45) is 0 Å². The Labute approximate surface area is 72.6 Å². The van der Waals surface area contributed by atoms with Gasteiger partial charge in [0.2, 0.25) is 0 Å². The molecule has 56 valence electrons. The van der Waals surface area contributed by atoms with Crippen LogP contribution in [0.15, 0.2) is 17.6 Å². The Kier molecular flexibility index (Phi) is 1.47. The number of halogens is 1. The SMILES string of the molecule is Nc1c(Cl)ccc2ncsc12. The second kappa shape index (κ2) is 2.36. The minimum absolute atomic E-state index is 0.599. The maximum atomic E-state index is 5.80. The lowest BCUT2D eigenvalue weighted by atomic mass is 10.3. The van der Waals surface area contributed by atoms with Gasteiger partial charge in [0.1, 0.15) is 0 Å². The molecular formula is C7H5ClN2S. The Morgan fingerprint density at radius 2 is 2.27 bits per heavy atom. The summed E-state index contributed by atoms with van der Waals surface area (Å²) in [4.78, 5) is 4.10. The fraction of sp³-hybridized carbons (Fsp3) is 0. The molecule has 0 amide bonds. The van der Waals surface area contributed by atoms with Gasteiger partial charge >= 0.3 is 0 Å². The van der Waals surface area contributed by atoms with E-state index in [0.717, 1.165) is 10.2 Å². The van der Waals surface area contributed by atoms with Crippen molar-refractivity contribution in [1.29, 1.82) is 0 Å². The standard InChI is InChI=1S/C7H5ClN2S/c8-4-1-2-5-7(6(4)9)11-3-10-5/h1-3H,9H2. The van der Waals surface area contributed by atoms with Crippen LogP contribution in [-0.4, -0.2) is 4.98 Å². The summed E-state index contributed by atoms with van der Waals surface area (Å²) >= 11 is 7.31. The highest BCUT2D eigenvalue weighted by atomic mass is 35.5. The van der Waals surface area contributed by atoms with E-state index in [0.29, 0.717) is 10.7 Å². The fourth-order valence-corrected chi connectivity index (χ4v) is 1.89. The summed E-state index contributed by atoms with van der Waals surface area (Å²) in [5, 5.41) is 0.599. The molecule has 0 aliphatic rings. The molecule has 0 fully saturated rings. The number of nitrogen functional groups attached to an aromatic ring is 1. The molecule has 2 N–H and O–H groups in total. The molecule has 2 aromatic rings. The summed E-state index contributed by atoms with van der Waals surface area (Å²) < 4.78 is 0.970. The number of fused-ring (bicyclic) bond motifs is 1. The molecule has 11 heavy (non-hydrogen) atoms. The van der Waals surface area contributed by atoms with Crippen molar-refractivity contribution in [2.45, 2.75) is 0 Å². The van der Waals surface area contributed by atoms with E-state index >= 15 is 0 Å². The quantitative estimate of drug-likeness (QED) is 0.639. The number of rotatable bonds is 0. The number of anilines is 1. The van der Waals surface area contributed by atoms with Gasteiger partial charge in [0.25, 0.3) is 0 Å². The zero-order valence-electron chi connectivity index (χ0n) is 5.54. The number of aromatic nitrogens is 1. The molecule has 2 nitrogen and oxygen atoms in total. The lowest BCUT2D eigenvalue weighted by Gasteiger charge is -1.96. The van der Waals surface area contributed by atoms with Gasteiger partial charge in [-0.2, -0.15) is 0 Å². The molecule has 0 radical (unpaired) electrons. The van der Waals surface area contributed by atoms with Gasteiger partial charge in [-0.05, 0) is 12.1 Å². The molecule has 0 bridgehead atoms. The normalized spacial score (nSPS) is 10.6. The Bertz CT molecular complexity index is 396. The number of nitrogens with two attached hydrogens (primary N) is 1. The predicted molar refractivity (Wildman–Crippen MR) is 49.0 cm³/mol. The van der Waals surface area contributed by atoms with Gasteiger partial charge in [-0.1, -0.05) is 11.6 Å². The topological polar surface area (TPSA) is 38.9 Å². The van der Waals surface area contributed by atoms with Gasteiger partial charge < -0.3 is 5.73 Å². The van der Waals surface area contributed by atoms with Gasteiger partial charge in [-0.15, -0.1) is 11.3 Å². The highest BCUT2D eigenvalue weighted by Crippen LogP contribution is 2.30. The van der Waals surface area contributed by atoms with E-state index in [2.05, 4.69) is 4.98 Å². The maximum absolute atomic E-state index is 5.80. The Hall–Kier alpha value is -0.800. The summed E-state index contributed by atoms with van der Waals surface area (Å²) in [5.41, 5.74) is 9.01. The van der Waals surface area contributed by atoms with Crippen LogP contribution in [0.2, 0.25) is 5.02 Å². The van der Waals surface area contributed by atoms with E-state index in [1.165, 1.54) is 11.3 Å². The first kappa shape index (κ1) is 6.88. The molecule has 1 heterocycles. The lowest BCUT2D eigenvalue weighted by Crippen LogP contribution is -1.85. The van der Waals surface area contributed by atoms with Crippen LogP contribution in [0.3, 0.4) is 0 Å². The summed E-state index contributed by atoms with van der Waals surface area (Å²) in [6.07, 6.45) is 0. The Balaban J connectivity index is 2.93. The minimum atomic E-state index is 0.599. The van der Waals surface area contributed by atoms with Crippen molar-refractivity contribution >= 4 is 38.8 Å². The number of nitrogens with zero attached hydrogens (tertiary/aromatic N) is 1.